The quantitative estimate of drug-likeness (QED) is 0.138. The molecule has 0 aliphatic carbocycles. The number of pyridine rings is 1. The minimum absolute atomic E-state index is 0.161. The molecule has 42 heavy (non-hydrogen) atoms. The van der Waals surface area contributed by atoms with Crippen LogP contribution in [0, 0.1) is 11.3 Å². The first-order valence-electron chi connectivity index (χ1n) is 11.4. The molecule has 1 heterocycles. The number of sulfonamides is 1. The largest absolute Gasteiger partial charge is 0.493 e. The molecule has 0 bridgehead atoms. The second-order valence-electron chi connectivity index (χ2n) is 8.13. The Morgan fingerprint density at radius 2 is 1.69 bits per heavy atom. The van der Waals surface area contributed by atoms with Crippen molar-refractivity contribution in [2.45, 2.75) is 22.5 Å². The monoisotopic (exact) mass is 631 g/mol. The molecular formula is C23H20F3N5O9S2. The van der Waals surface area contributed by atoms with E-state index in [1.165, 1.54) is 18.2 Å². The zero-order chi connectivity index (χ0) is 31.3. The molecule has 2 aromatic carbocycles. The third kappa shape index (κ3) is 7.48. The predicted octanol–water partition coefficient (Wildman–Crippen LogP) is 2.92. The lowest BCUT2D eigenvalue weighted by atomic mass is 10.1. The topological polar surface area (TPSA) is 221 Å². The SMILES string of the molecule is N#Cc1c(C(F)(F)F)c(/N=N/c2ccc(S(=O)(=O)Nc3cccc(S(=O)(=O)O)c3)cc2)c(O)n(CCOCCO)c1=O. The van der Waals surface area contributed by atoms with Crippen LogP contribution in [0.2, 0.25) is 0 Å². The summed E-state index contributed by atoms with van der Waals surface area (Å²) in [6.45, 7) is -1.35. The minimum atomic E-state index is -5.31. The molecule has 0 amide bonds. The first-order valence-corrected chi connectivity index (χ1v) is 14.3. The lowest BCUT2D eigenvalue weighted by molar-refractivity contribution is -0.137. The standard InChI is InChI=1S/C23H20F3N5O9S2/c24-23(25,26)19-18(13-27)21(33)31(8-10-40-11-9-32)22(34)20(19)29-28-14-4-6-16(7-5-14)41(35,36)30-15-2-1-3-17(12-15)42(37,38)39/h1-7,12,30,32,34H,8-11H2,(H,37,38,39)/b29-28+. The number of aromatic nitrogens is 1. The summed E-state index contributed by atoms with van der Waals surface area (Å²) in [5.74, 6) is -1.27. The smallest absolute Gasteiger partial charge is 0.420 e. The highest BCUT2D eigenvalue weighted by atomic mass is 32.2. The Labute approximate surface area is 235 Å². The molecule has 0 fully saturated rings. The summed E-state index contributed by atoms with van der Waals surface area (Å²) >= 11 is 0. The number of hydrogen-bond donors (Lipinski definition) is 4. The van der Waals surface area contributed by atoms with Crippen molar-refractivity contribution >= 4 is 37.2 Å². The lowest BCUT2D eigenvalue weighted by Crippen LogP contribution is -2.28. The van der Waals surface area contributed by atoms with E-state index >= 15 is 0 Å². The molecule has 224 valence electrons. The van der Waals surface area contributed by atoms with Gasteiger partial charge < -0.3 is 14.9 Å². The Hall–Kier alpha value is -4.35. The molecule has 4 N–H and O–H groups in total. The number of rotatable bonds is 11. The van der Waals surface area contributed by atoms with Crippen molar-refractivity contribution in [3.05, 3.63) is 70.0 Å². The Morgan fingerprint density at radius 1 is 1.02 bits per heavy atom. The highest BCUT2D eigenvalue weighted by Gasteiger charge is 2.41. The maximum atomic E-state index is 13.8. The molecule has 0 radical (unpaired) electrons. The fourth-order valence-electron chi connectivity index (χ4n) is 3.43. The average Bonchev–Trinajstić information content (AvgIpc) is 2.91. The van der Waals surface area contributed by atoms with E-state index in [4.69, 9.17) is 14.4 Å². The van der Waals surface area contributed by atoms with Crippen LogP contribution >= 0.6 is 0 Å². The van der Waals surface area contributed by atoms with Crippen LogP contribution in [0.5, 0.6) is 5.88 Å². The summed E-state index contributed by atoms with van der Waals surface area (Å²) in [5.41, 5.74) is -6.30. The number of anilines is 1. The molecule has 14 nitrogen and oxygen atoms in total. The van der Waals surface area contributed by atoms with Gasteiger partial charge in [0.1, 0.15) is 17.2 Å². The second-order valence-corrected chi connectivity index (χ2v) is 11.2. The zero-order valence-corrected chi connectivity index (χ0v) is 22.6. The number of nitriles is 1. The summed E-state index contributed by atoms with van der Waals surface area (Å²) in [6.07, 6.45) is -5.31. The number of nitrogens with zero attached hydrogens (tertiary/aromatic N) is 4. The first kappa shape index (κ1) is 32.2. The molecule has 0 aliphatic rings. The van der Waals surface area contributed by atoms with E-state index < -0.39 is 66.0 Å². The molecule has 0 aliphatic heterocycles. The number of nitrogens with one attached hydrogen (secondary N) is 1. The van der Waals surface area contributed by atoms with Crippen LogP contribution in [0.15, 0.2) is 73.3 Å². The van der Waals surface area contributed by atoms with Crippen LogP contribution in [0.25, 0.3) is 0 Å². The molecule has 0 spiro atoms. The van der Waals surface area contributed by atoms with E-state index in [1.807, 2.05) is 0 Å². The van der Waals surface area contributed by atoms with Crippen molar-refractivity contribution in [3.63, 3.8) is 0 Å². The van der Waals surface area contributed by atoms with Gasteiger partial charge in [-0.15, -0.1) is 5.11 Å². The maximum absolute atomic E-state index is 13.8. The predicted molar refractivity (Wildman–Crippen MR) is 138 cm³/mol. The number of hydrogen-bond acceptors (Lipinski definition) is 11. The maximum Gasteiger partial charge on any atom is 0.420 e. The van der Waals surface area contributed by atoms with Gasteiger partial charge in [-0.05, 0) is 42.5 Å². The Kier molecular flexibility index (Phi) is 9.70. The second kappa shape index (κ2) is 12.7. The van der Waals surface area contributed by atoms with E-state index in [2.05, 4.69) is 15.0 Å². The van der Waals surface area contributed by atoms with Gasteiger partial charge in [0.2, 0.25) is 5.88 Å². The molecule has 1 aromatic heterocycles. The van der Waals surface area contributed by atoms with E-state index in [1.54, 1.807) is 0 Å². The van der Waals surface area contributed by atoms with E-state index in [0.29, 0.717) is 4.57 Å². The molecule has 0 unspecified atom stereocenters. The highest BCUT2D eigenvalue weighted by Crippen LogP contribution is 2.42. The third-order valence-corrected chi connectivity index (χ3v) is 7.55. The Morgan fingerprint density at radius 3 is 2.26 bits per heavy atom. The molecule has 3 rings (SSSR count). The van der Waals surface area contributed by atoms with Gasteiger partial charge in [-0.3, -0.25) is 18.6 Å². The van der Waals surface area contributed by atoms with Crippen molar-refractivity contribution in [1.82, 2.24) is 4.57 Å². The van der Waals surface area contributed by atoms with Gasteiger partial charge in [-0.2, -0.15) is 32.0 Å². The molecular weight excluding hydrogens is 611 g/mol. The highest BCUT2D eigenvalue weighted by molar-refractivity contribution is 7.92. The van der Waals surface area contributed by atoms with Crippen LogP contribution in [-0.2, 0) is 37.6 Å². The van der Waals surface area contributed by atoms with Crippen molar-refractivity contribution < 1.29 is 49.5 Å². The zero-order valence-electron chi connectivity index (χ0n) is 21.0. The van der Waals surface area contributed by atoms with E-state index in [-0.39, 0.29) is 36.1 Å². The molecule has 3 aromatic rings. The fraction of sp³-hybridized carbons (Fsp3) is 0.217. The van der Waals surface area contributed by atoms with Gasteiger partial charge in [-0.1, -0.05) is 6.07 Å². The molecule has 0 saturated carbocycles. The number of ether oxygens (including phenoxy) is 1. The third-order valence-electron chi connectivity index (χ3n) is 5.30. The van der Waals surface area contributed by atoms with Gasteiger partial charge in [0.05, 0.1) is 47.5 Å². The van der Waals surface area contributed by atoms with Crippen molar-refractivity contribution in [1.29, 1.82) is 5.26 Å². The summed E-state index contributed by atoms with van der Waals surface area (Å²) in [6, 6.07) is 9.54. The molecule has 0 atom stereocenters. The van der Waals surface area contributed by atoms with Crippen molar-refractivity contribution in [3.8, 4) is 11.9 Å². The van der Waals surface area contributed by atoms with Crippen LogP contribution in [-0.4, -0.2) is 56.0 Å². The molecule has 19 heteroatoms. The summed E-state index contributed by atoms with van der Waals surface area (Å²) < 4.78 is 106. The van der Waals surface area contributed by atoms with Crippen LogP contribution in [0.4, 0.5) is 30.2 Å². The Balaban J connectivity index is 1.97. The van der Waals surface area contributed by atoms with Crippen LogP contribution in [0.3, 0.4) is 0 Å². The number of aliphatic hydroxyl groups excluding tert-OH is 1. The van der Waals surface area contributed by atoms with E-state index in [9.17, 15) is 45.2 Å². The number of azo groups is 1. The summed E-state index contributed by atoms with van der Waals surface area (Å²) in [7, 11) is -8.92. The molecule has 0 saturated heterocycles. The summed E-state index contributed by atoms with van der Waals surface area (Å²) in [4.78, 5) is 11.6. The number of alkyl halides is 3. The van der Waals surface area contributed by atoms with Gasteiger partial charge >= 0.3 is 6.18 Å². The normalized spacial score (nSPS) is 12.4. The van der Waals surface area contributed by atoms with Gasteiger partial charge in [0, 0.05) is 0 Å². The number of benzene rings is 2. The average molecular weight is 632 g/mol. The van der Waals surface area contributed by atoms with Crippen LogP contribution < -0.4 is 10.3 Å². The number of halogens is 3. The van der Waals surface area contributed by atoms with Crippen LogP contribution in [0.1, 0.15) is 11.1 Å². The van der Waals surface area contributed by atoms with Gasteiger partial charge in [0.15, 0.2) is 5.69 Å². The van der Waals surface area contributed by atoms with Crippen molar-refractivity contribution in [2.75, 3.05) is 24.5 Å². The summed E-state index contributed by atoms with van der Waals surface area (Å²) in [5, 5.41) is 35.5. The van der Waals surface area contributed by atoms with E-state index in [0.717, 1.165) is 36.4 Å². The fourth-order valence-corrected chi connectivity index (χ4v) is 5.01. The minimum Gasteiger partial charge on any atom is -0.493 e. The Bertz CT molecular complexity index is 1820. The lowest BCUT2D eigenvalue weighted by Gasteiger charge is -2.16. The number of aromatic hydroxyl groups is 1. The first-order chi connectivity index (χ1) is 19.6. The van der Waals surface area contributed by atoms with Gasteiger partial charge in [0.25, 0.3) is 25.7 Å². The van der Waals surface area contributed by atoms with Crippen molar-refractivity contribution in [2.24, 2.45) is 10.2 Å². The number of aliphatic hydroxyl groups is 1. The van der Waals surface area contributed by atoms with Gasteiger partial charge in [-0.25, -0.2) is 8.42 Å².